The van der Waals surface area contributed by atoms with Crippen LogP contribution >= 0.6 is 15.9 Å². The first-order valence-electron chi connectivity index (χ1n) is 6.15. The molecule has 0 aliphatic carbocycles. The summed E-state index contributed by atoms with van der Waals surface area (Å²) >= 11 is 3.47. The summed E-state index contributed by atoms with van der Waals surface area (Å²) < 4.78 is 2.45. The Hall–Kier alpha value is -2.47. The van der Waals surface area contributed by atoms with Crippen molar-refractivity contribution in [3.63, 3.8) is 0 Å². The monoisotopic (exact) mass is 343 g/mol. The van der Waals surface area contributed by atoms with E-state index >= 15 is 0 Å². The van der Waals surface area contributed by atoms with E-state index in [1.54, 1.807) is 23.1 Å². The van der Waals surface area contributed by atoms with E-state index in [-0.39, 0.29) is 5.69 Å². The van der Waals surface area contributed by atoms with Crippen LogP contribution in [-0.4, -0.2) is 25.8 Å². The molecule has 0 aliphatic rings. The molecule has 3 rings (SSSR count). The van der Waals surface area contributed by atoms with E-state index in [9.17, 15) is 9.90 Å². The minimum absolute atomic E-state index is 0.00225. The van der Waals surface area contributed by atoms with E-state index in [0.29, 0.717) is 5.69 Å². The van der Waals surface area contributed by atoms with Crippen molar-refractivity contribution in [2.45, 2.75) is 0 Å². The second kappa shape index (κ2) is 5.49. The van der Waals surface area contributed by atoms with Gasteiger partial charge in [0.05, 0.1) is 11.4 Å². The second-order valence-corrected chi connectivity index (χ2v) is 5.17. The summed E-state index contributed by atoms with van der Waals surface area (Å²) in [6.07, 6.45) is 3.32. The average Bonchev–Trinajstić information content (AvgIpc) is 2.94. The van der Waals surface area contributed by atoms with Crippen molar-refractivity contribution in [2.24, 2.45) is 0 Å². The number of carboxylic acid groups (broad SMARTS) is 1. The average molecular weight is 344 g/mol. The smallest absolute Gasteiger partial charge is 0.356 e. The zero-order chi connectivity index (χ0) is 14.8. The highest BCUT2D eigenvalue weighted by Gasteiger charge is 2.16. The Labute approximate surface area is 129 Å². The molecule has 2 heterocycles. The third-order valence-electron chi connectivity index (χ3n) is 2.99. The van der Waals surface area contributed by atoms with Gasteiger partial charge in [0.1, 0.15) is 0 Å². The van der Waals surface area contributed by atoms with Gasteiger partial charge in [-0.15, -0.1) is 0 Å². The molecule has 0 fully saturated rings. The van der Waals surface area contributed by atoms with Gasteiger partial charge < -0.3 is 5.11 Å². The summed E-state index contributed by atoms with van der Waals surface area (Å²) in [5.74, 6) is -1.06. The van der Waals surface area contributed by atoms with Crippen LogP contribution < -0.4 is 0 Å². The number of pyridine rings is 1. The number of carbonyl (C=O) groups is 1. The minimum Gasteiger partial charge on any atom is -0.476 e. The van der Waals surface area contributed by atoms with E-state index < -0.39 is 5.97 Å². The molecule has 0 saturated heterocycles. The molecule has 2 aromatic heterocycles. The first-order valence-corrected chi connectivity index (χ1v) is 6.95. The van der Waals surface area contributed by atoms with Gasteiger partial charge in [-0.05, 0) is 46.3 Å². The Morgan fingerprint density at radius 1 is 1.14 bits per heavy atom. The van der Waals surface area contributed by atoms with E-state index in [0.717, 1.165) is 15.7 Å². The molecular weight excluding hydrogens is 334 g/mol. The van der Waals surface area contributed by atoms with Crippen LogP contribution in [0.1, 0.15) is 10.5 Å². The van der Waals surface area contributed by atoms with Crippen LogP contribution in [0.3, 0.4) is 0 Å². The Kier molecular flexibility index (Phi) is 3.53. The maximum atomic E-state index is 11.2. The Balaban J connectivity index is 2.24. The summed E-state index contributed by atoms with van der Waals surface area (Å²) in [5.41, 5.74) is 2.32. The van der Waals surface area contributed by atoms with Crippen LogP contribution in [0.15, 0.2) is 59.3 Å². The molecule has 0 unspecified atom stereocenters. The predicted octanol–water partition coefficient (Wildman–Crippen LogP) is 3.40. The Morgan fingerprint density at radius 3 is 2.52 bits per heavy atom. The van der Waals surface area contributed by atoms with E-state index in [1.807, 2.05) is 36.4 Å². The lowest BCUT2D eigenvalue weighted by molar-refractivity contribution is 0.0690. The van der Waals surface area contributed by atoms with Gasteiger partial charge in [0.2, 0.25) is 0 Å². The van der Waals surface area contributed by atoms with Crippen LogP contribution in [-0.2, 0) is 0 Å². The molecule has 104 valence electrons. The third kappa shape index (κ3) is 2.57. The molecule has 5 nitrogen and oxygen atoms in total. The van der Waals surface area contributed by atoms with Crippen LogP contribution in [0, 0.1) is 0 Å². The van der Waals surface area contributed by atoms with Crippen molar-refractivity contribution >= 4 is 21.9 Å². The fraction of sp³-hybridized carbons (Fsp3) is 0. The molecule has 0 saturated carbocycles. The van der Waals surface area contributed by atoms with E-state index in [4.69, 9.17) is 0 Å². The second-order valence-electron chi connectivity index (χ2n) is 4.32. The lowest BCUT2D eigenvalue weighted by Gasteiger charge is -2.09. The normalized spacial score (nSPS) is 10.5. The van der Waals surface area contributed by atoms with Gasteiger partial charge in [0, 0.05) is 22.4 Å². The van der Waals surface area contributed by atoms with Crippen molar-refractivity contribution in [1.82, 2.24) is 14.8 Å². The number of benzene rings is 1. The molecule has 3 aromatic rings. The highest BCUT2D eigenvalue weighted by molar-refractivity contribution is 9.10. The summed E-state index contributed by atoms with van der Waals surface area (Å²) in [4.78, 5) is 15.2. The van der Waals surface area contributed by atoms with Gasteiger partial charge in [0.15, 0.2) is 5.69 Å². The quantitative estimate of drug-likeness (QED) is 0.791. The predicted molar refractivity (Wildman–Crippen MR) is 81.5 cm³/mol. The van der Waals surface area contributed by atoms with Crippen LogP contribution in [0.4, 0.5) is 0 Å². The van der Waals surface area contributed by atoms with Crippen molar-refractivity contribution in [2.75, 3.05) is 0 Å². The number of aromatic nitrogens is 3. The molecule has 1 aromatic carbocycles. The van der Waals surface area contributed by atoms with Gasteiger partial charge in [-0.2, -0.15) is 5.10 Å². The van der Waals surface area contributed by atoms with Crippen molar-refractivity contribution < 1.29 is 9.90 Å². The number of hydrogen-bond acceptors (Lipinski definition) is 3. The van der Waals surface area contributed by atoms with E-state index in [2.05, 4.69) is 26.0 Å². The third-order valence-corrected chi connectivity index (χ3v) is 3.66. The number of carboxylic acids is 1. The largest absolute Gasteiger partial charge is 0.476 e. The summed E-state index contributed by atoms with van der Waals surface area (Å²) in [7, 11) is 0. The highest BCUT2D eigenvalue weighted by atomic mass is 79.9. The number of para-hydroxylation sites is 1. The molecular formula is C15H10BrN3O2. The van der Waals surface area contributed by atoms with Gasteiger partial charge in [0.25, 0.3) is 0 Å². The molecule has 0 spiro atoms. The number of rotatable bonds is 3. The Morgan fingerprint density at radius 2 is 1.86 bits per heavy atom. The number of aromatic carboxylic acids is 1. The maximum Gasteiger partial charge on any atom is 0.356 e. The minimum atomic E-state index is -1.06. The fourth-order valence-corrected chi connectivity index (χ4v) is 2.47. The maximum absolute atomic E-state index is 11.2. The molecule has 6 heteroatoms. The molecule has 0 aliphatic heterocycles. The molecule has 0 bridgehead atoms. The summed E-state index contributed by atoms with van der Waals surface area (Å²) in [5, 5.41) is 13.4. The van der Waals surface area contributed by atoms with Gasteiger partial charge in [-0.3, -0.25) is 4.98 Å². The van der Waals surface area contributed by atoms with Gasteiger partial charge in [-0.1, -0.05) is 12.1 Å². The van der Waals surface area contributed by atoms with Crippen LogP contribution in [0.5, 0.6) is 0 Å². The standard InChI is InChI=1S/C15H10BrN3O2/c16-11-3-1-2-4-13(11)19-14(9-12(18-19)15(20)21)10-5-7-17-8-6-10/h1-9H,(H,20,21). The molecule has 0 amide bonds. The number of halogens is 1. The SMILES string of the molecule is O=C(O)c1cc(-c2ccncc2)n(-c2ccccc2Br)n1. The summed E-state index contributed by atoms with van der Waals surface area (Å²) in [6, 6.07) is 12.7. The first kappa shape index (κ1) is 13.5. The molecule has 0 radical (unpaired) electrons. The molecule has 1 N–H and O–H groups in total. The number of nitrogens with zero attached hydrogens (tertiary/aromatic N) is 3. The first-order chi connectivity index (χ1) is 10.2. The van der Waals surface area contributed by atoms with E-state index in [1.165, 1.54) is 0 Å². The highest BCUT2D eigenvalue weighted by Crippen LogP contribution is 2.27. The van der Waals surface area contributed by atoms with Crippen molar-refractivity contribution in [3.8, 4) is 16.9 Å². The fourth-order valence-electron chi connectivity index (χ4n) is 2.02. The van der Waals surface area contributed by atoms with Crippen LogP contribution in [0.2, 0.25) is 0 Å². The zero-order valence-corrected chi connectivity index (χ0v) is 12.4. The summed E-state index contributed by atoms with van der Waals surface area (Å²) in [6.45, 7) is 0. The topological polar surface area (TPSA) is 68.0 Å². The molecule has 21 heavy (non-hydrogen) atoms. The van der Waals surface area contributed by atoms with Crippen molar-refractivity contribution in [1.29, 1.82) is 0 Å². The zero-order valence-electron chi connectivity index (χ0n) is 10.8. The van der Waals surface area contributed by atoms with Gasteiger partial charge in [-0.25, -0.2) is 9.48 Å². The van der Waals surface area contributed by atoms with Crippen LogP contribution in [0.25, 0.3) is 16.9 Å². The van der Waals surface area contributed by atoms with Crippen molar-refractivity contribution in [3.05, 3.63) is 65.0 Å². The van der Waals surface area contributed by atoms with Gasteiger partial charge >= 0.3 is 5.97 Å². The molecule has 0 atom stereocenters. The lowest BCUT2D eigenvalue weighted by Crippen LogP contribution is -2.03. The Bertz CT molecular complexity index is 800. The number of hydrogen-bond donors (Lipinski definition) is 1. The lowest BCUT2D eigenvalue weighted by atomic mass is 10.2.